The lowest BCUT2D eigenvalue weighted by molar-refractivity contribution is 0.0512. The van der Waals surface area contributed by atoms with Gasteiger partial charge in [-0.2, -0.15) is 0 Å². The van der Waals surface area contributed by atoms with Crippen molar-refractivity contribution in [2.45, 2.75) is 39.0 Å². The third kappa shape index (κ3) is 8.14. The predicted octanol–water partition coefficient (Wildman–Crippen LogP) is 2.64. The monoisotopic (exact) mass is 307 g/mol. The van der Waals surface area contributed by atoms with E-state index < -0.39 is 23.8 Å². The molecule has 1 atom stereocenters. The first kappa shape index (κ1) is 17.8. The zero-order valence-electron chi connectivity index (χ0n) is 13.2. The molecule has 0 saturated carbocycles. The van der Waals surface area contributed by atoms with E-state index in [1.807, 2.05) is 30.3 Å². The quantitative estimate of drug-likeness (QED) is 0.876. The second kappa shape index (κ2) is 8.26. The van der Waals surface area contributed by atoms with E-state index >= 15 is 0 Å². The number of alkyl carbamates (subject to hydrolysis) is 2. The highest BCUT2D eigenvalue weighted by Gasteiger charge is 2.17. The fourth-order valence-electron chi connectivity index (χ4n) is 1.51. The molecule has 2 amide bonds. The molecule has 0 spiro atoms. The number of benzene rings is 1. The van der Waals surface area contributed by atoms with Crippen molar-refractivity contribution >= 4 is 12.2 Å². The van der Waals surface area contributed by atoms with Crippen molar-refractivity contribution < 1.29 is 19.1 Å². The fourth-order valence-corrected chi connectivity index (χ4v) is 1.51. The van der Waals surface area contributed by atoms with Gasteiger partial charge in [0.05, 0.1) is 0 Å². The van der Waals surface area contributed by atoms with E-state index in [4.69, 9.17) is 9.47 Å². The van der Waals surface area contributed by atoms with Crippen LogP contribution in [-0.2, 0) is 16.1 Å². The molecule has 0 aliphatic carbocycles. The summed E-state index contributed by atoms with van der Waals surface area (Å²) < 4.78 is 10.1. The second-order valence-corrected chi connectivity index (χ2v) is 5.79. The third-order valence-electron chi connectivity index (χ3n) is 2.43. The van der Waals surface area contributed by atoms with Gasteiger partial charge in [-0.3, -0.25) is 0 Å². The van der Waals surface area contributed by atoms with Crippen LogP contribution in [0.3, 0.4) is 0 Å². The molecule has 121 valence electrons. The predicted molar refractivity (Wildman–Crippen MR) is 83.1 cm³/mol. The van der Waals surface area contributed by atoms with Crippen molar-refractivity contribution in [1.82, 2.24) is 10.6 Å². The molecule has 1 aromatic carbocycles. The van der Waals surface area contributed by atoms with Crippen molar-refractivity contribution in [2.75, 3.05) is 6.54 Å². The van der Waals surface area contributed by atoms with Gasteiger partial charge in [0.1, 0.15) is 12.2 Å². The molecule has 6 nitrogen and oxygen atoms in total. The van der Waals surface area contributed by atoms with E-state index in [0.717, 1.165) is 5.56 Å². The Morgan fingerprint density at radius 3 is 2.41 bits per heavy atom. The number of rotatable bonds is 5. The van der Waals surface area contributed by atoms with Crippen LogP contribution < -0.4 is 10.6 Å². The molecule has 0 bridgehead atoms. The van der Waals surface area contributed by atoms with Crippen molar-refractivity contribution in [2.24, 2.45) is 0 Å². The van der Waals surface area contributed by atoms with Gasteiger partial charge in [-0.1, -0.05) is 30.3 Å². The molecule has 0 aliphatic heterocycles. The molecule has 0 fully saturated rings. The Balaban J connectivity index is 2.21. The summed E-state index contributed by atoms with van der Waals surface area (Å²) in [6.45, 7) is 9.35. The van der Waals surface area contributed by atoms with Gasteiger partial charge in [0, 0.05) is 12.6 Å². The summed E-state index contributed by atoms with van der Waals surface area (Å²) in [5, 5.41) is 5.05. The summed E-state index contributed by atoms with van der Waals surface area (Å²) in [6.07, 6.45) is -1.14. The standard InChI is InChI=1S/C16H23N2O4/c1-12(18-15(20)22-16(2,3)4)10-17-14(19)21-11-13-8-6-5-7-9-13/h5-9,12H,1,10-11H2,2-4H3,(H,17,19)(H,18,20)/t12-/m0/s1. The van der Waals surface area contributed by atoms with Crippen molar-refractivity contribution in [3.8, 4) is 0 Å². The van der Waals surface area contributed by atoms with Crippen LogP contribution in [0.25, 0.3) is 0 Å². The van der Waals surface area contributed by atoms with Crippen LogP contribution >= 0.6 is 0 Å². The highest BCUT2D eigenvalue weighted by atomic mass is 16.6. The molecule has 0 unspecified atom stereocenters. The summed E-state index contributed by atoms with van der Waals surface area (Å²) in [6, 6.07) is 8.84. The molecule has 6 heteroatoms. The Hall–Kier alpha value is -2.24. The number of ether oxygens (including phenoxy) is 2. The minimum absolute atomic E-state index is 0.146. The van der Waals surface area contributed by atoms with E-state index in [9.17, 15) is 9.59 Å². The van der Waals surface area contributed by atoms with E-state index in [-0.39, 0.29) is 13.2 Å². The highest BCUT2D eigenvalue weighted by Crippen LogP contribution is 2.06. The number of carbonyl (C=O) groups excluding carboxylic acids is 2. The number of carbonyl (C=O) groups is 2. The van der Waals surface area contributed by atoms with Crippen molar-refractivity contribution in [3.05, 3.63) is 42.8 Å². The van der Waals surface area contributed by atoms with Crippen LogP contribution in [0.2, 0.25) is 0 Å². The van der Waals surface area contributed by atoms with E-state index in [2.05, 4.69) is 17.6 Å². The maximum atomic E-state index is 11.5. The van der Waals surface area contributed by atoms with E-state index in [1.165, 1.54) is 0 Å². The first-order chi connectivity index (χ1) is 10.3. The average Bonchev–Trinajstić information content (AvgIpc) is 2.42. The number of hydrogen-bond acceptors (Lipinski definition) is 4. The van der Waals surface area contributed by atoms with Gasteiger partial charge >= 0.3 is 12.2 Å². The molecule has 0 aromatic heterocycles. The smallest absolute Gasteiger partial charge is 0.407 e. The average molecular weight is 307 g/mol. The molecule has 0 heterocycles. The van der Waals surface area contributed by atoms with Crippen LogP contribution in [0, 0.1) is 6.92 Å². The van der Waals surface area contributed by atoms with Crippen molar-refractivity contribution in [3.63, 3.8) is 0 Å². The molecule has 2 N–H and O–H groups in total. The summed E-state index contributed by atoms with van der Waals surface area (Å²) in [5.74, 6) is 0. The maximum Gasteiger partial charge on any atom is 0.407 e. The Morgan fingerprint density at radius 1 is 1.18 bits per heavy atom. The highest BCUT2D eigenvalue weighted by molar-refractivity contribution is 5.69. The summed E-state index contributed by atoms with van der Waals surface area (Å²) in [7, 11) is 0. The molecule has 1 rings (SSSR count). The summed E-state index contributed by atoms with van der Waals surface area (Å²) in [5.41, 5.74) is 0.321. The maximum absolute atomic E-state index is 11.5. The van der Waals surface area contributed by atoms with Gasteiger partial charge in [0.25, 0.3) is 0 Å². The first-order valence-corrected chi connectivity index (χ1v) is 7.03. The fraction of sp³-hybridized carbons (Fsp3) is 0.438. The first-order valence-electron chi connectivity index (χ1n) is 7.03. The molecule has 0 aliphatic rings. The minimum atomic E-state index is -0.578. The number of amides is 2. The van der Waals surface area contributed by atoms with Crippen LogP contribution in [0.1, 0.15) is 26.3 Å². The Bertz CT molecular complexity index is 483. The van der Waals surface area contributed by atoms with Gasteiger partial charge in [-0.25, -0.2) is 9.59 Å². The minimum Gasteiger partial charge on any atom is -0.445 e. The lowest BCUT2D eigenvalue weighted by atomic mass is 10.2. The Morgan fingerprint density at radius 2 is 1.82 bits per heavy atom. The van der Waals surface area contributed by atoms with Gasteiger partial charge < -0.3 is 20.1 Å². The molecule has 1 aromatic rings. The summed E-state index contributed by atoms with van der Waals surface area (Å²) >= 11 is 0. The molecule has 22 heavy (non-hydrogen) atoms. The van der Waals surface area contributed by atoms with Crippen LogP contribution in [0.4, 0.5) is 9.59 Å². The molecular formula is C16H23N2O4. The Kier molecular flexibility index (Phi) is 6.69. The van der Waals surface area contributed by atoms with Crippen LogP contribution in [-0.4, -0.2) is 30.4 Å². The lowest BCUT2D eigenvalue weighted by Crippen LogP contribution is -2.44. The number of nitrogens with one attached hydrogen (secondary N) is 2. The lowest BCUT2D eigenvalue weighted by Gasteiger charge is -2.22. The number of hydrogen-bond donors (Lipinski definition) is 2. The van der Waals surface area contributed by atoms with Crippen LogP contribution in [0.5, 0.6) is 0 Å². The van der Waals surface area contributed by atoms with E-state index in [0.29, 0.717) is 0 Å². The van der Waals surface area contributed by atoms with Crippen LogP contribution in [0.15, 0.2) is 30.3 Å². The Labute approximate surface area is 131 Å². The zero-order valence-corrected chi connectivity index (χ0v) is 13.2. The van der Waals surface area contributed by atoms with Gasteiger partial charge in [-0.15, -0.1) is 0 Å². The van der Waals surface area contributed by atoms with E-state index in [1.54, 1.807) is 20.8 Å². The van der Waals surface area contributed by atoms with Gasteiger partial charge in [0.15, 0.2) is 0 Å². The SMILES string of the molecule is [CH2][C@@H](CNC(=O)OCc1ccccc1)NC(=O)OC(C)(C)C. The van der Waals surface area contributed by atoms with Gasteiger partial charge in [0.2, 0.25) is 0 Å². The van der Waals surface area contributed by atoms with Gasteiger partial charge in [-0.05, 0) is 33.3 Å². The molecule has 0 saturated heterocycles. The normalized spacial score (nSPS) is 12.2. The molecule has 1 radical (unpaired) electrons. The largest absolute Gasteiger partial charge is 0.445 e. The molecular weight excluding hydrogens is 284 g/mol. The second-order valence-electron chi connectivity index (χ2n) is 5.79. The third-order valence-corrected chi connectivity index (χ3v) is 2.43. The van der Waals surface area contributed by atoms with Crippen molar-refractivity contribution in [1.29, 1.82) is 0 Å². The zero-order chi connectivity index (χ0) is 16.6. The topological polar surface area (TPSA) is 76.7 Å². The summed E-state index contributed by atoms with van der Waals surface area (Å²) in [4.78, 5) is 23.0.